The molecule has 2 unspecified atom stereocenters. The molecule has 5 nitrogen and oxygen atoms in total. The normalized spacial score (nSPS) is 24.8. The van der Waals surface area contributed by atoms with Crippen molar-refractivity contribution in [1.82, 2.24) is 15.5 Å². The standard InChI is InChI=1S/C17H25N3O2/c1-22-15-4-2-3-13(9-15)10-19-17(21)12-20-8-6-16-14(11-20)5-7-18-16/h2-4,9,14,16,18H,5-8,10-12H2,1H3,(H,19,21). The first-order valence-electron chi connectivity index (χ1n) is 8.10. The lowest BCUT2D eigenvalue weighted by atomic mass is 9.93. The number of hydrogen-bond acceptors (Lipinski definition) is 4. The maximum Gasteiger partial charge on any atom is 0.234 e. The minimum absolute atomic E-state index is 0.104. The molecule has 2 aliphatic heterocycles. The third-order valence-electron chi connectivity index (χ3n) is 4.73. The Morgan fingerprint density at radius 3 is 3.23 bits per heavy atom. The summed E-state index contributed by atoms with van der Waals surface area (Å²) in [5.41, 5.74) is 1.06. The number of benzene rings is 1. The second-order valence-electron chi connectivity index (χ2n) is 6.26. The highest BCUT2D eigenvalue weighted by atomic mass is 16.5. The van der Waals surface area contributed by atoms with E-state index in [0.717, 1.165) is 43.3 Å². The molecule has 5 heteroatoms. The summed E-state index contributed by atoms with van der Waals surface area (Å²) >= 11 is 0. The van der Waals surface area contributed by atoms with Crippen LogP contribution in [0.4, 0.5) is 0 Å². The predicted octanol–water partition coefficient (Wildman–Crippen LogP) is 0.995. The van der Waals surface area contributed by atoms with E-state index in [1.54, 1.807) is 7.11 Å². The zero-order chi connectivity index (χ0) is 15.4. The molecule has 0 radical (unpaired) electrons. The molecule has 3 rings (SSSR count). The molecule has 2 fully saturated rings. The van der Waals surface area contributed by atoms with Gasteiger partial charge in [-0.05, 0) is 43.0 Å². The van der Waals surface area contributed by atoms with E-state index in [0.29, 0.717) is 19.1 Å². The van der Waals surface area contributed by atoms with E-state index >= 15 is 0 Å². The first-order chi connectivity index (χ1) is 10.7. The molecule has 1 aromatic carbocycles. The third kappa shape index (κ3) is 3.78. The first kappa shape index (κ1) is 15.3. The Hall–Kier alpha value is -1.59. The molecule has 2 atom stereocenters. The first-order valence-corrected chi connectivity index (χ1v) is 8.10. The molecule has 2 aliphatic rings. The lowest BCUT2D eigenvalue weighted by molar-refractivity contribution is -0.122. The molecule has 120 valence electrons. The maximum absolute atomic E-state index is 12.1. The van der Waals surface area contributed by atoms with Crippen LogP contribution in [-0.4, -0.2) is 50.1 Å². The van der Waals surface area contributed by atoms with Gasteiger partial charge in [-0.15, -0.1) is 0 Å². The molecule has 0 bridgehead atoms. The average molecular weight is 303 g/mol. The number of rotatable bonds is 5. The van der Waals surface area contributed by atoms with Gasteiger partial charge in [-0.1, -0.05) is 12.1 Å². The van der Waals surface area contributed by atoms with Gasteiger partial charge in [-0.25, -0.2) is 0 Å². The molecule has 1 amide bonds. The molecule has 2 N–H and O–H groups in total. The van der Waals surface area contributed by atoms with Gasteiger partial charge in [-0.2, -0.15) is 0 Å². The fraction of sp³-hybridized carbons (Fsp3) is 0.588. The van der Waals surface area contributed by atoms with E-state index in [9.17, 15) is 4.79 Å². The minimum atomic E-state index is 0.104. The van der Waals surface area contributed by atoms with Gasteiger partial charge < -0.3 is 15.4 Å². The number of nitrogens with one attached hydrogen (secondary N) is 2. The molecule has 0 aliphatic carbocycles. The molecule has 0 spiro atoms. The Labute approximate surface area is 132 Å². The van der Waals surface area contributed by atoms with Crippen molar-refractivity contribution in [2.24, 2.45) is 5.92 Å². The Morgan fingerprint density at radius 1 is 1.45 bits per heavy atom. The van der Waals surface area contributed by atoms with Crippen LogP contribution in [0.5, 0.6) is 5.75 Å². The van der Waals surface area contributed by atoms with Crippen LogP contribution in [0, 0.1) is 5.92 Å². The smallest absolute Gasteiger partial charge is 0.234 e. The van der Waals surface area contributed by atoms with Crippen molar-refractivity contribution < 1.29 is 9.53 Å². The lowest BCUT2D eigenvalue weighted by Gasteiger charge is -2.34. The summed E-state index contributed by atoms with van der Waals surface area (Å²) in [6.07, 6.45) is 2.40. The number of hydrogen-bond donors (Lipinski definition) is 2. The quantitative estimate of drug-likeness (QED) is 0.852. The minimum Gasteiger partial charge on any atom is -0.497 e. The summed E-state index contributed by atoms with van der Waals surface area (Å²) < 4.78 is 5.20. The van der Waals surface area contributed by atoms with Crippen LogP contribution in [-0.2, 0) is 11.3 Å². The van der Waals surface area contributed by atoms with Crippen LogP contribution in [0.25, 0.3) is 0 Å². The Morgan fingerprint density at radius 2 is 2.36 bits per heavy atom. The van der Waals surface area contributed by atoms with Crippen LogP contribution in [0.3, 0.4) is 0 Å². The van der Waals surface area contributed by atoms with Gasteiger partial charge in [0.05, 0.1) is 13.7 Å². The number of methoxy groups -OCH3 is 1. The van der Waals surface area contributed by atoms with E-state index in [4.69, 9.17) is 4.74 Å². The zero-order valence-electron chi connectivity index (χ0n) is 13.2. The summed E-state index contributed by atoms with van der Waals surface area (Å²) in [6.45, 7) is 4.25. The summed E-state index contributed by atoms with van der Waals surface area (Å²) in [6, 6.07) is 8.48. The van der Waals surface area contributed by atoms with Crippen molar-refractivity contribution in [2.75, 3.05) is 33.3 Å². The topological polar surface area (TPSA) is 53.6 Å². The number of amides is 1. The molecule has 0 saturated carbocycles. The Bertz CT molecular complexity index is 520. The highest BCUT2D eigenvalue weighted by molar-refractivity contribution is 5.78. The number of piperidine rings is 1. The van der Waals surface area contributed by atoms with Gasteiger partial charge in [0.2, 0.25) is 5.91 Å². The van der Waals surface area contributed by atoms with Gasteiger partial charge >= 0.3 is 0 Å². The number of nitrogens with zero attached hydrogens (tertiary/aromatic N) is 1. The van der Waals surface area contributed by atoms with E-state index in [1.807, 2.05) is 24.3 Å². The molecule has 22 heavy (non-hydrogen) atoms. The van der Waals surface area contributed by atoms with Crippen LogP contribution in [0.1, 0.15) is 18.4 Å². The third-order valence-corrected chi connectivity index (χ3v) is 4.73. The number of carbonyl (C=O) groups is 1. The fourth-order valence-corrected chi connectivity index (χ4v) is 3.51. The molecule has 2 saturated heterocycles. The number of likely N-dealkylation sites (tertiary alicyclic amines) is 1. The highest BCUT2D eigenvalue weighted by Gasteiger charge is 2.32. The zero-order valence-corrected chi connectivity index (χ0v) is 13.2. The van der Waals surface area contributed by atoms with Crippen LogP contribution in [0.15, 0.2) is 24.3 Å². The van der Waals surface area contributed by atoms with Crippen LogP contribution >= 0.6 is 0 Å². The van der Waals surface area contributed by atoms with Crippen molar-refractivity contribution in [3.05, 3.63) is 29.8 Å². The van der Waals surface area contributed by atoms with E-state index in [1.165, 1.54) is 6.42 Å². The number of ether oxygens (including phenoxy) is 1. The van der Waals surface area contributed by atoms with E-state index in [-0.39, 0.29) is 5.91 Å². The molecule has 0 aromatic heterocycles. The van der Waals surface area contributed by atoms with Crippen molar-refractivity contribution >= 4 is 5.91 Å². The average Bonchev–Trinajstić information content (AvgIpc) is 3.01. The second-order valence-corrected chi connectivity index (χ2v) is 6.26. The highest BCUT2D eigenvalue weighted by Crippen LogP contribution is 2.24. The van der Waals surface area contributed by atoms with Crippen molar-refractivity contribution in [3.8, 4) is 5.75 Å². The summed E-state index contributed by atoms with van der Waals surface area (Å²) in [7, 11) is 1.65. The van der Waals surface area contributed by atoms with Crippen molar-refractivity contribution in [1.29, 1.82) is 0 Å². The summed E-state index contributed by atoms with van der Waals surface area (Å²) in [5, 5.41) is 6.56. The molecule has 1 aromatic rings. The SMILES string of the molecule is COc1cccc(CNC(=O)CN2CCC3NCCC3C2)c1. The number of carbonyl (C=O) groups excluding carboxylic acids is 1. The molecular formula is C17H25N3O2. The lowest BCUT2D eigenvalue weighted by Crippen LogP contribution is -2.47. The molecule has 2 heterocycles. The predicted molar refractivity (Wildman–Crippen MR) is 85.8 cm³/mol. The van der Waals surface area contributed by atoms with Crippen molar-refractivity contribution in [2.45, 2.75) is 25.4 Å². The monoisotopic (exact) mass is 303 g/mol. The van der Waals surface area contributed by atoms with Gasteiger partial charge in [0.15, 0.2) is 0 Å². The van der Waals surface area contributed by atoms with Gasteiger partial charge in [-0.3, -0.25) is 9.69 Å². The maximum atomic E-state index is 12.1. The largest absolute Gasteiger partial charge is 0.497 e. The van der Waals surface area contributed by atoms with Gasteiger partial charge in [0, 0.05) is 25.7 Å². The van der Waals surface area contributed by atoms with Crippen LogP contribution < -0.4 is 15.4 Å². The van der Waals surface area contributed by atoms with Gasteiger partial charge in [0.25, 0.3) is 0 Å². The molecular weight excluding hydrogens is 278 g/mol. The Kier molecular flexibility index (Phi) is 4.95. The number of fused-ring (bicyclic) bond motifs is 1. The second kappa shape index (κ2) is 7.11. The Balaban J connectivity index is 1.44. The fourth-order valence-electron chi connectivity index (χ4n) is 3.51. The van der Waals surface area contributed by atoms with Crippen LogP contribution in [0.2, 0.25) is 0 Å². The summed E-state index contributed by atoms with van der Waals surface area (Å²) in [4.78, 5) is 14.4. The van der Waals surface area contributed by atoms with Gasteiger partial charge in [0.1, 0.15) is 5.75 Å². The van der Waals surface area contributed by atoms with Crippen molar-refractivity contribution in [3.63, 3.8) is 0 Å². The van der Waals surface area contributed by atoms with E-state index < -0.39 is 0 Å². The van der Waals surface area contributed by atoms with E-state index in [2.05, 4.69) is 15.5 Å². The summed E-state index contributed by atoms with van der Waals surface area (Å²) in [5.74, 6) is 1.65.